The minimum atomic E-state index is -3.34. The molecule has 0 aromatic heterocycles. The highest BCUT2D eigenvalue weighted by molar-refractivity contribution is 7.89. The van der Waals surface area contributed by atoms with Crippen LogP contribution in [-0.4, -0.2) is 39.9 Å². The Labute approximate surface area is 110 Å². The Kier molecular flexibility index (Phi) is 5.78. The highest BCUT2D eigenvalue weighted by Crippen LogP contribution is 2.15. The summed E-state index contributed by atoms with van der Waals surface area (Å²) in [5.41, 5.74) is 1.15. The molecule has 1 rings (SSSR count). The predicted molar refractivity (Wildman–Crippen MR) is 74.2 cm³/mol. The third-order valence-corrected chi connectivity index (χ3v) is 4.81. The molecule has 0 unspecified atom stereocenters. The van der Waals surface area contributed by atoms with Gasteiger partial charge in [-0.15, -0.1) is 0 Å². The molecule has 0 saturated carbocycles. The first-order valence-electron chi connectivity index (χ1n) is 6.22. The Morgan fingerprint density at radius 1 is 1.22 bits per heavy atom. The van der Waals surface area contributed by atoms with Crippen molar-refractivity contribution in [2.45, 2.75) is 24.7 Å². The number of sulfonamides is 1. The first-order chi connectivity index (χ1) is 8.52. The van der Waals surface area contributed by atoms with E-state index in [0.717, 1.165) is 24.9 Å². The molecule has 0 heterocycles. The Bertz CT molecular complexity index is 454. The fourth-order valence-electron chi connectivity index (χ4n) is 1.68. The number of hydrogen-bond donors (Lipinski definition) is 1. The van der Waals surface area contributed by atoms with Gasteiger partial charge >= 0.3 is 0 Å². The molecule has 0 aliphatic rings. The van der Waals surface area contributed by atoms with Gasteiger partial charge < -0.3 is 5.32 Å². The number of nitrogens with one attached hydrogen (secondary N) is 1. The van der Waals surface area contributed by atoms with E-state index in [1.54, 1.807) is 19.2 Å². The molecule has 0 spiro atoms. The summed E-state index contributed by atoms with van der Waals surface area (Å²) in [4.78, 5) is 0.367. The van der Waals surface area contributed by atoms with Crippen LogP contribution < -0.4 is 5.32 Å². The summed E-state index contributed by atoms with van der Waals surface area (Å²) >= 11 is 0. The van der Waals surface area contributed by atoms with E-state index in [9.17, 15) is 8.42 Å². The highest BCUT2D eigenvalue weighted by Gasteiger charge is 2.19. The van der Waals surface area contributed by atoms with Gasteiger partial charge in [0.25, 0.3) is 0 Å². The van der Waals surface area contributed by atoms with Crippen molar-refractivity contribution in [2.24, 2.45) is 0 Å². The summed E-state index contributed by atoms with van der Waals surface area (Å²) in [6, 6.07) is 7.11. The molecule has 0 amide bonds. The average molecular weight is 270 g/mol. The van der Waals surface area contributed by atoms with Crippen LogP contribution in [0.3, 0.4) is 0 Å². The smallest absolute Gasteiger partial charge is 0.242 e. The van der Waals surface area contributed by atoms with Crippen molar-refractivity contribution >= 4 is 10.0 Å². The van der Waals surface area contributed by atoms with Gasteiger partial charge in [0.2, 0.25) is 10.0 Å². The Balaban J connectivity index is 2.77. The maximum absolute atomic E-state index is 12.2. The number of nitrogens with zero attached hydrogens (tertiary/aromatic N) is 1. The van der Waals surface area contributed by atoms with E-state index in [4.69, 9.17) is 0 Å². The lowest BCUT2D eigenvalue weighted by molar-refractivity contribution is 0.458. The second-order valence-electron chi connectivity index (χ2n) is 4.28. The van der Waals surface area contributed by atoms with Crippen LogP contribution in [0.25, 0.3) is 0 Å². The van der Waals surface area contributed by atoms with E-state index >= 15 is 0 Å². The Hall–Kier alpha value is -0.910. The van der Waals surface area contributed by atoms with Crippen molar-refractivity contribution in [3.05, 3.63) is 29.8 Å². The third-order valence-electron chi connectivity index (χ3n) is 2.94. The molecule has 0 aliphatic carbocycles. The summed E-state index contributed by atoms with van der Waals surface area (Å²) in [5, 5.41) is 3.01. The van der Waals surface area contributed by atoms with Crippen molar-refractivity contribution < 1.29 is 8.42 Å². The topological polar surface area (TPSA) is 49.4 Å². The normalized spacial score (nSPS) is 12.0. The average Bonchev–Trinajstić information content (AvgIpc) is 2.39. The molecule has 0 aliphatic heterocycles. The van der Waals surface area contributed by atoms with Crippen LogP contribution in [0.2, 0.25) is 0 Å². The van der Waals surface area contributed by atoms with Gasteiger partial charge in [-0.05, 0) is 44.1 Å². The minimum absolute atomic E-state index is 0.367. The van der Waals surface area contributed by atoms with Crippen molar-refractivity contribution in [1.29, 1.82) is 0 Å². The fraction of sp³-hybridized carbons (Fsp3) is 0.538. The van der Waals surface area contributed by atoms with Gasteiger partial charge in [0, 0.05) is 13.6 Å². The summed E-state index contributed by atoms with van der Waals surface area (Å²) in [5.74, 6) is 0. The monoisotopic (exact) mass is 270 g/mol. The van der Waals surface area contributed by atoms with Gasteiger partial charge in [0.15, 0.2) is 0 Å². The maximum atomic E-state index is 12.2. The molecular formula is C13H22N2O2S. The molecule has 4 nitrogen and oxygen atoms in total. The molecule has 18 heavy (non-hydrogen) atoms. The Morgan fingerprint density at radius 2 is 1.83 bits per heavy atom. The lowest BCUT2D eigenvalue weighted by atomic mass is 10.2. The largest absolute Gasteiger partial charge is 0.320 e. The van der Waals surface area contributed by atoms with Crippen LogP contribution in [-0.2, 0) is 16.4 Å². The van der Waals surface area contributed by atoms with Crippen LogP contribution in [0.15, 0.2) is 29.2 Å². The SMILES string of the molecule is CCc1ccc(S(=O)(=O)N(C)CCCNC)cc1. The molecule has 0 bridgehead atoms. The zero-order chi connectivity index (χ0) is 13.6. The molecule has 5 heteroatoms. The first-order valence-corrected chi connectivity index (χ1v) is 7.66. The van der Waals surface area contributed by atoms with E-state index in [1.165, 1.54) is 4.31 Å². The van der Waals surface area contributed by atoms with E-state index in [0.29, 0.717) is 11.4 Å². The number of hydrogen-bond acceptors (Lipinski definition) is 3. The van der Waals surface area contributed by atoms with Gasteiger partial charge in [0.05, 0.1) is 4.90 Å². The van der Waals surface area contributed by atoms with Gasteiger partial charge in [-0.25, -0.2) is 12.7 Å². The van der Waals surface area contributed by atoms with E-state index in [2.05, 4.69) is 5.32 Å². The predicted octanol–water partition coefficient (Wildman–Crippen LogP) is 1.48. The standard InChI is InChI=1S/C13H22N2O2S/c1-4-12-6-8-13(9-7-12)18(16,17)15(3)11-5-10-14-2/h6-9,14H,4-5,10-11H2,1-3H3. The fourth-order valence-corrected chi connectivity index (χ4v) is 2.89. The summed E-state index contributed by atoms with van der Waals surface area (Å²) < 4.78 is 25.9. The van der Waals surface area contributed by atoms with Crippen molar-refractivity contribution in [3.8, 4) is 0 Å². The zero-order valence-corrected chi connectivity index (χ0v) is 12.1. The molecule has 1 N–H and O–H groups in total. The van der Waals surface area contributed by atoms with Crippen LogP contribution >= 0.6 is 0 Å². The molecule has 1 aromatic rings. The highest BCUT2D eigenvalue weighted by atomic mass is 32.2. The third kappa shape index (κ3) is 3.80. The summed E-state index contributed by atoms with van der Waals surface area (Å²) in [6.07, 6.45) is 1.72. The molecule has 0 atom stereocenters. The van der Waals surface area contributed by atoms with Gasteiger partial charge in [-0.1, -0.05) is 19.1 Å². The minimum Gasteiger partial charge on any atom is -0.320 e. The second kappa shape index (κ2) is 6.87. The molecule has 102 valence electrons. The molecule has 1 aromatic carbocycles. The second-order valence-corrected chi connectivity index (χ2v) is 6.33. The quantitative estimate of drug-likeness (QED) is 0.764. The molecule has 0 saturated heterocycles. The number of rotatable bonds is 7. The van der Waals surface area contributed by atoms with E-state index < -0.39 is 10.0 Å². The number of aryl methyl sites for hydroxylation is 1. The lowest BCUT2D eigenvalue weighted by Crippen LogP contribution is -2.29. The Morgan fingerprint density at radius 3 is 2.33 bits per heavy atom. The number of benzene rings is 1. The van der Waals surface area contributed by atoms with Gasteiger partial charge in [-0.2, -0.15) is 0 Å². The summed E-state index contributed by atoms with van der Waals surface area (Å²) in [6.45, 7) is 3.39. The zero-order valence-electron chi connectivity index (χ0n) is 11.3. The molecule has 0 radical (unpaired) electrons. The summed E-state index contributed by atoms with van der Waals surface area (Å²) in [7, 11) is 0.144. The van der Waals surface area contributed by atoms with Crippen molar-refractivity contribution in [2.75, 3.05) is 27.2 Å². The van der Waals surface area contributed by atoms with Crippen molar-refractivity contribution in [3.63, 3.8) is 0 Å². The first kappa shape index (κ1) is 15.1. The molecule has 0 fully saturated rings. The van der Waals surface area contributed by atoms with E-state index in [1.807, 2.05) is 26.1 Å². The van der Waals surface area contributed by atoms with Crippen molar-refractivity contribution in [1.82, 2.24) is 9.62 Å². The van der Waals surface area contributed by atoms with Crippen LogP contribution in [0.1, 0.15) is 18.9 Å². The van der Waals surface area contributed by atoms with Crippen LogP contribution in [0.5, 0.6) is 0 Å². The lowest BCUT2D eigenvalue weighted by Gasteiger charge is -2.17. The van der Waals surface area contributed by atoms with E-state index in [-0.39, 0.29) is 0 Å². The van der Waals surface area contributed by atoms with Crippen LogP contribution in [0.4, 0.5) is 0 Å². The van der Waals surface area contributed by atoms with Crippen LogP contribution in [0, 0.1) is 0 Å². The van der Waals surface area contributed by atoms with Gasteiger partial charge in [-0.3, -0.25) is 0 Å². The molecular weight excluding hydrogens is 248 g/mol. The maximum Gasteiger partial charge on any atom is 0.242 e. The van der Waals surface area contributed by atoms with Gasteiger partial charge in [0.1, 0.15) is 0 Å².